The molecule has 0 bridgehead atoms. The average Bonchev–Trinajstić information content (AvgIpc) is 2.35. The van der Waals surface area contributed by atoms with Crippen LogP contribution in [-0.4, -0.2) is 24.4 Å². The van der Waals surface area contributed by atoms with E-state index in [9.17, 15) is 9.59 Å². The minimum atomic E-state index is -0.420. The Balaban J connectivity index is 2.11. The van der Waals surface area contributed by atoms with Crippen molar-refractivity contribution in [1.29, 1.82) is 0 Å². The third-order valence-corrected chi connectivity index (χ3v) is 4.13. The molecule has 1 atom stereocenters. The summed E-state index contributed by atoms with van der Waals surface area (Å²) in [6.07, 6.45) is 1.59. The number of benzene rings is 1. The van der Waals surface area contributed by atoms with Gasteiger partial charge in [0.2, 0.25) is 5.91 Å². The first-order valence-corrected chi connectivity index (χ1v) is 7.49. The second-order valence-corrected chi connectivity index (χ2v) is 6.18. The molecule has 0 aromatic heterocycles. The molecule has 0 aliphatic carbocycles. The molecule has 1 aliphatic rings. The van der Waals surface area contributed by atoms with Crippen molar-refractivity contribution >= 4 is 50.3 Å². The summed E-state index contributed by atoms with van der Waals surface area (Å²) in [6.45, 7) is 0.693. The molecule has 2 amide bonds. The average molecular weight is 423 g/mol. The van der Waals surface area contributed by atoms with Gasteiger partial charge in [0.1, 0.15) is 6.04 Å². The molecule has 96 valence electrons. The zero-order valence-electron chi connectivity index (χ0n) is 9.50. The van der Waals surface area contributed by atoms with E-state index < -0.39 is 6.04 Å². The number of hydrogen-bond acceptors (Lipinski definition) is 2. The lowest BCUT2D eigenvalue weighted by Crippen LogP contribution is -2.50. The van der Waals surface area contributed by atoms with Crippen LogP contribution in [0.15, 0.2) is 22.7 Å². The van der Waals surface area contributed by atoms with Crippen LogP contribution in [0.4, 0.5) is 0 Å². The largest absolute Gasteiger partial charge is 0.354 e. The number of carbonyl (C=O) groups is 2. The lowest BCUT2D eigenvalue weighted by molar-refractivity contribution is -0.124. The number of hydrogen-bond donors (Lipinski definition) is 2. The first-order valence-electron chi connectivity index (χ1n) is 5.61. The normalized spacial score (nSPS) is 19.2. The van der Waals surface area contributed by atoms with Crippen molar-refractivity contribution in [1.82, 2.24) is 10.6 Å². The highest BCUT2D eigenvalue weighted by molar-refractivity contribution is 14.1. The van der Waals surface area contributed by atoms with Crippen LogP contribution in [0.3, 0.4) is 0 Å². The Morgan fingerprint density at radius 2 is 2.28 bits per heavy atom. The molecule has 1 heterocycles. The molecule has 4 nitrogen and oxygen atoms in total. The molecule has 0 spiro atoms. The number of halogens is 2. The predicted molar refractivity (Wildman–Crippen MR) is 80.4 cm³/mol. The Bertz CT molecular complexity index is 493. The monoisotopic (exact) mass is 422 g/mol. The van der Waals surface area contributed by atoms with Crippen LogP contribution in [0.25, 0.3) is 0 Å². The smallest absolute Gasteiger partial charge is 0.253 e. The molecule has 18 heavy (non-hydrogen) atoms. The fraction of sp³-hybridized carbons (Fsp3) is 0.333. The lowest BCUT2D eigenvalue weighted by atomic mass is 10.1. The second kappa shape index (κ2) is 6.01. The van der Waals surface area contributed by atoms with Gasteiger partial charge < -0.3 is 10.6 Å². The van der Waals surface area contributed by atoms with E-state index in [2.05, 4.69) is 49.2 Å². The molecule has 2 N–H and O–H groups in total. The maximum atomic E-state index is 12.1. The summed E-state index contributed by atoms with van der Waals surface area (Å²) in [6, 6.07) is 5.11. The van der Waals surface area contributed by atoms with E-state index in [0.29, 0.717) is 18.5 Å². The van der Waals surface area contributed by atoms with Gasteiger partial charge in [-0.3, -0.25) is 9.59 Å². The summed E-state index contributed by atoms with van der Waals surface area (Å²) >= 11 is 5.50. The molecule has 1 unspecified atom stereocenters. The van der Waals surface area contributed by atoms with Gasteiger partial charge in [-0.25, -0.2) is 0 Å². The number of piperidine rings is 1. The van der Waals surface area contributed by atoms with Gasteiger partial charge >= 0.3 is 0 Å². The van der Waals surface area contributed by atoms with E-state index in [-0.39, 0.29) is 11.8 Å². The zero-order valence-corrected chi connectivity index (χ0v) is 13.2. The fourth-order valence-corrected chi connectivity index (χ4v) is 2.74. The van der Waals surface area contributed by atoms with E-state index in [4.69, 9.17) is 0 Å². The van der Waals surface area contributed by atoms with E-state index in [0.717, 1.165) is 14.5 Å². The summed E-state index contributed by atoms with van der Waals surface area (Å²) in [4.78, 5) is 23.7. The first kappa shape index (κ1) is 13.8. The van der Waals surface area contributed by atoms with E-state index >= 15 is 0 Å². The van der Waals surface area contributed by atoms with Gasteiger partial charge in [0.05, 0.1) is 5.56 Å². The summed E-state index contributed by atoms with van der Waals surface area (Å²) in [5.74, 6) is -0.321. The van der Waals surface area contributed by atoms with E-state index in [1.165, 1.54) is 0 Å². The molecule has 1 saturated heterocycles. The summed E-state index contributed by atoms with van der Waals surface area (Å²) < 4.78 is 1.71. The lowest BCUT2D eigenvalue weighted by Gasteiger charge is -2.23. The molecule has 2 rings (SSSR count). The van der Waals surface area contributed by atoms with Crippen molar-refractivity contribution in [3.63, 3.8) is 0 Å². The highest BCUT2D eigenvalue weighted by Gasteiger charge is 2.24. The number of rotatable bonds is 2. The molecule has 1 aliphatic heterocycles. The maximum absolute atomic E-state index is 12.1. The quantitative estimate of drug-likeness (QED) is 0.717. The minimum Gasteiger partial charge on any atom is -0.354 e. The van der Waals surface area contributed by atoms with Gasteiger partial charge in [0, 0.05) is 14.6 Å². The maximum Gasteiger partial charge on any atom is 0.253 e. The van der Waals surface area contributed by atoms with Crippen LogP contribution in [0.2, 0.25) is 0 Å². The Hall–Kier alpha value is -0.630. The van der Waals surface area contributed by atoms with Crippen molar-refractivity contribution in [2.45, 2.75) is 18.9 Å². The number of nitrogens with one attached hydrogen (secondary N) is 2. The Morgan fingerprint density at radius 3 is 3.00 bits per heavy atom. The van der Waals surface area contributed by atoms with Crippen molar-refractivity contribution in [3.05, 3.63) is 31.8 Å². The Kier molecular flexibility index (Phi) is 4.60. The second-order valence-electron chi connectivity index (χ2n) is 4.08. The third-order valence-electron chi connectivity index (χ3n) is 2.76. The minimum absolute atomic E-state index is 0.101. The standard InChI is InChI=1S/C12H12BrIN2O2/c13-9-4-3-7(14)6-8(9)11(17)16-10-2-1-5-15-12(10)18/h3-4,6,10H,1-2,5H2,(H,15,18)(H,16,17). The predicted octanol–water partition coefficient (Wildman–Crippen LogP) is 2.06. The van der Waals surface area contributed by atoms with Gasteiger partial charge in [-0.1, -0.05) is 0 Å². The summed E-state index contributed by atoms with van der Waals surface area (Å²) in [5, 5.41) is 5.52. The van der Waals surface area contributed by atoms with Gasteiger partial charge in [0.25, 0.3) is 5.91 Å². The van der Waals surface area contributed by atoms with Gasteiger partial charge in [-0.2, -0.15) is 0 Å². The fourth-order valence-electron chi connectivity index (χ4n) is 1.82. The van der Waals surface area contributed by atoms with Crippen molar-refractivity contribution in [2.75, 3.05) is 6.54 Å². The molecular formula is C12H12BrIN2O2. The Labute approximate surface area is 127 Å². The van der Waals surface area contributed by atoms with Gasteiger partial charge in [-0.05, 0) is 69.6 Å². The van der Waals surface area contributed by atoms with Crippen LogP contribution in [0.1, 0.15) is 23.2 Å². The molecule has 0 radical (unpaired) electrons. The van der Waals surface area contributed by atoms with Crippen molar-refractivity contribution in [3.8, 4) is 0 Å². The molecule has 1 fully saturated rings. The van der Waals surface area contributed by atoms with Crippen molar-refractivity contribution in [2.24, 2.45) is 0 Å². The number of amides is 2. The molecule has 0 saturated carbocycles. The van der Waals surface area contributed by atoms with Gasteiger partial charge in [-0.15, -0.1) is 0 Å². The SMILES string of the molecule is O=C(NC1CCCNC1=O)c1cc(I)ccc1Br. The van der Waals surface area contributed by atoms with E-state index in [1.54, 1.807) is 6.07 Å². The van der Waals surface area contributed by atoms with E-state index in [1.807, 2.05) is 12.1 Å². The van der Waals surface area contributed by atoms with Crippen molar-refractivity contribution < 1.29 is 9.59 Å². The summed E-state index contributed by atoms with van der Waals surface area (Å²) in [7, 11) is 0. The topological polar surface area (TPSA) is 58.2 Å². The van der Waals surface area contributed by atoms with Gasteiger partial charge in [0.15, 0.2) is 0 Å². The van der Waals surface area contributed by atoms with Crippen LogP contribution < -0.4 is 10.6 Å². The number of carbonyl (C=O) groups excluding carboxylic acids is 2. The summed E-state index contributed by atoms with van der Waals surface area (Å²) in [5.41, 5.74) is 0.556. The highest BCUT2D eigenvalue weighted by atomic mass is 127. The molecule has 6 heteroatoms. The van der Waals surface area contributed by atoms with Crippen LogP contribution in [0, 0.1) is 3.57 Å². The zero-order chi connectivity index (χ0) is 13.1. The van der Waals surface area contributed by atoms with Crippen LogP contribution >= 0.6 is 38.5 Å². The molecule has 1 aromatic rings. The molecule has 1 aromatic carbocycles. The highest BCUT2D eigenvalue weighted by Crippen LogP contribution is 2.19. The third kappa shape index (κ3) is 3.23. The van der Waals surface area contributed by atoms with Crippen LogP contribution in [0.5, 0.6) is 0 Å². The first-order chi connectivity index (χ1) is 8.58. The van der Waals surface area contributed by atoms with Crippen LogP contribution in [-0.2, 0) is 4.79 Å². The molecular weight excluding hydrogens is 411 g/mol. The Morgan fingerprint density at radius 1 is 1.50 bits per heavy atom.